The average molecular weight is 510 g/mol. The summed E-state index contributed by atoms with van der Waals surface area (Å²) in [6, 6.07) is 11.9. The number of aromatic nitrogens is 3. The van der Waals surface area contributed by atoms with Crippen LogP contribution in [0.25, 0.3) is 11.3 Å². The Balaban J connectivity index is 1.54. The second kappa shape index (κ2) is 9.16. The maximum atomic E-state index is 12.8. The first kappa shape index (κ1) is 22.7. The van der Waals surface area contributed by atoms with E-state index >= 15 is 0 Å². The van der Waals surface area contributed by atoms with E-state index in [1.54, 1.807) is 35.0 Å². The lowest BCUT2D eigenvalue weighted by Gasteiger charge is -2.07. The summed E-state index contributed by atoms with van der Waals surface area (Å²) >= 11 is 24.2. The fraction of sp³-hybridized carbons (Fsp3) is 0.136. The monoisotopic (exact) mass is 508 g/mol. The highest BCUT2D eigenvalue weighted by Crippen LogP contribution is 2.31. The second-order valence-corrected chi connectivity index (χ2v) is 8.76. The van der Waals surface area contributed by atoms with Crippen LogP contribution in [0.2, 0.25) is 20.1 Å². The van der Waals surface area contributed by atoms with Gasteiger partial charge in [0.2, 0.25) is 0 Å². The number of benzene rings is 2. The van der Waals surface area contributed by atoms with Crippen molar-refractivity contribution in [3.63, 3.8) is 0 Å². The van der Waals surface area contributed by atoms with Crippen molar-refractivity contribution >= 4 is 58.0 Å². The zero-order valence-corrected chi connectivity index (χ0v) is 19.9. The molecule has 4 rings (SSSR count). The molecule has 6 nitrogen and oxygen atoms in total. The highest BCUT2D eigenvalue weighted by Gasteiger charge is 2.20. The molecule has 2 aromatic heterocycles. The number of aryl methyl sites for hydroxylation is 1. The minimum Gasteiger partial charge on any atom is -0.355 e. The van der Waals surface area contributed by atoms with Gasteiger partial charge in [-0.1, -0.05) is 57.6 Å². The molecule has 0 radical (unpaired) electrons. The van der Waals surface area contributed by atoms with Crippen molar-refractivity contribution in [2.75, 3.05) is 5.32 Å². The Labute approximate surface area is 204 Å². The normalized spacial score (nSPS) is 11.1. The smallest absolute Gasteiger partial charge is 0.277 e. The first-order chi connectivity index (χ1) is 15.2. The quantitative estimate of drug-likeness (QED) is 0.312. The minimum atomic E-state index is -0.426. The Bertz CT molecular complexity index is 1330. The zero-order chi connectivity index (χ0) is 23.0. The molecule has 1 N–H and O–H groups in total. The summed E-state index contributed by atoms with van der Waals surface area (Å²) in [5.74, 6) is -0.0639. The minimum absolute atomic E-state index is 0.113. The van der Waals surface area contributed by atoms with Gasteiger partial charge >= 0.3 is 0 Å². The summed E-state index contributed by atoms with van der Waals surface area (Å²) in [6.45, 7) is 4.16. The van der Waals surface area contributed by atoms with Crippen LogP contribution in [-0.4, -0.2) is 20.8 Å². The van der Waals surface area contributed by atoms with Gasteiger partial charge in [0.25, 0.3) is 5.91 Å². The highest BCUT2D eigenvalue weighted by atomic mass is 35.5. The first-order valence-corrected chi connectivity index (χ1v) is 11.0. The molecule has 164 valence electrons. The predicted octanol–water partition coefficient (Wildman–Crippen LogP) is 7.07. The molecule has 0 atom stereocenters. The zero-order valence-electron chi connectivity index (χ0n) is 16.9. The molecule has 0 fully saturated rings. The fourth-order valence-electron chi connectivity index (χ4n) is 3.22. The number of hydrogen-bond donors (Lipinski definition) is 1. The van der Waals surface area contributed by atoms with E-state index in [0.717, 1.165) is 11.3 Å². The summed E-state index contributed by atoms with van der Waals surface area (Å²) in [4.78, 5) is 12.8. The lowest BCUT2D eigenvalue weighted by atomic mass is 10.1. The molecular formula is C22H16Cl4N4O2. The molecule has 32 heavy (non-hydrogen) atoms. The van der Waals surface area contributed by atoms with Gasteiger partial charge in [0.15, 0.2) is 11.5 Å². The molecule has 0 saturated carbocycles. The number of carbonyl (C=O) groups is 1. The van der Waals surface area contributed by atoms with E-state index in [9.17, 15) is 4.79 Å². The molecule has 0 saturated heterocycles. The third-order valence-corrected chi connectivity index (χ3v) is 6.16. The maximum Gasteiger partial charge on any atom is 0.277 e. The second-order valence-electron chi connectivity index (χ2n) is 7.11. The van der Waals surface area contributed by atoms with Gasteiger partial charge in [0.05, 0.1) is 38.7 Å². The summed E-state index contributed by atoms with van der Waals surface area (Å²) in [5.41, 5.74) is 3.69. The molecule has 0 aliphatic heterocycles. The molecule has 4 aromatic rings. The predicted molar refractivity (Wildman–Crippen MR) is 127 cm³/mol. The molecule has 1 amide bonds. The number of carbonyl (C=O) groups excluding carboxylic acids is 1. The van der Waals surface area contributed by atoms with Crippen LogP contribution >= 0.6 is 46.4 Å². The number of anilines is 1. The molecular weight excluding hydrogens is 494 g/mol. The fourth-order valence-corrected chi connectivity index (χ4v) is 4.04. The van der Waals surface area contributed by atoms with E-state index in [0.29, 0.717) is 49.3 Å². The number of rotatable bonds is 5. The average Bonchev–Trinajstić information content (AvgIpc) is 3.32. The van der Waals surface area contributed by atoms with Crippen molar-refractivity contribution in [1.29, 1.82) is 0 Å². The van der Waals surface area contributed by atoms with E-state index in [1.807, 2.05) is 19.9 Å². The standard InChI is InChI=1S/C22H16Cl4N4O2/c1-11-21(12(2)30(28-11)10-13-3-6-16(24)18(26)7-13)27-22(31)19-9-20(32-29-19)15-5-4-14(23)8-17(15)25/h3-9H,10H2,1-2H3,(H,27,31). The topological polar surface area (TPSA) is 73.0 Å². The van der Waals surface area contributed by atoms with Crippen molar-refractivity contribution in [2.24, 2.45) is 0 Å². The van der Waals surface area contributed by atoms with Crippen LogP contribution in [-0.2, 0) is 6.54 Å². The van der Waals surface area contributed by atoms with E-state index < -0.39 is 5.91 Å². The van der Waals surface area contributed by atoms with Gasteiger partial charge in [-0.05, 0) is 49.7 Å². The molecule has 10 heteroatoms. The number of hydrogen-bond acceptors (Lipinski definition) is 4. The summed E-state index contributed by atoms with van der Waals surface area (Å²) in [6.07, 6.45) is 0. The summed E-state index contributed by atoms with van der Waals surface area (Å²) in [7, 11) is 0. The van der Waals surface area contributed by atoms with Crippen LogP contribution in [0.4, 0.5) is 5.69 Å². The lowest BCUT2D eigenvalue weighted by Crippen LogP contribution is -2.13. The van der Waals surface area contributed by atoms with Gasteiger partial charge in [-0.15, -0.1) is 0 Å². The van der Waals surface area contributed by atoms with Crippen LogP contribution < -0.4 is 5.32 Å². The highest BCUT2D eigenvalue weighted by molar-refractivity contribution is 6.42. The molecule has 0 bridgehead atoms. The third kappa shape index (κ3) is 4.64. The van der Waals surface area contributed by atoms with Gasteiger partial charge in [0, 0.05) is 16.7 Å². The largest absolute Gasteiger partial charge is 0.355 e. The van der Waals surface area contributed by atoms with Gasteiger partial charge < -0.3 is 9.84 Å². The van der Waals surface area contributed by atoms with Crippen molar-refractivity contribution in [2.45, 2.75) is 20.4 Å². The molecule has 0 spiro atoms. The first-order valence-electron chi connectivity index (χ1n) is 9.44. The Kier molecular flexibility index (Phi) is 6.49. The van der Waals surface area contributed by atoms with E-state index in [-0.39, 0.29) is 5.69 Å². The van der Waals surface area contributed by atoms with Crippen molar-refractivity contribution < 1.29 is 9.32 Å². The molecule has 0 aliphatic carbocycles. The summed E-state index contributed by atoms with van der Waals surface area (Å²) in [5, 5.41) is 13.1. The number of nitrogens with one attached hydrogen (secondary N) is 1. The molecule has 2 heterocycles. The van der Waals surface area contributed by atoms with Crippen LogP contribution in [0.5, 0.6) is 0 Å². The molecule has 0 unspecified atom stereocenters. The van der Waals surface area contributed by atoms with Crippen LogP contribution in [0.1, 0.15) is 27.4 Å². The van der Waals surface area contributed by atoms with Crippen molar-refractivity contribution in [1.82, 2.24) is 14.9 Å². The Morgan fingerprint density at radius 3 is 2.50 bits per heavy atom. The van der Waals surface area contributed by atoms with Crippen molar-refractivity contribution in [3.05, 3.63) is 85.2 Å². The van der Waals surface area contributed by atoms with Gasteiger partial charge in [0.1, 0.15) is 0 Å². The number of amides is 1. The Hall–Kier alpha value is -2.51. The van der Waals surface area contributed by atoms with Crippen LogP contribution in [0.15, 0.2) is 47.0 Å². The van der Waals surface area contributed by atoms with E-state index in [4.69, 9.17) is 50.9 Å². The SMILES string of the molecule is Cc1nn(Cc2ccc(Cl)c(Cl)c2)c(C)c1NC(=O)c1cc(-c2ccc(Cl)cc2Cl)on1. The maximum absolute atomic E-state index is 12.8. The Morgan fingerprint density at radius 1 is 1.00 bits per heavy atom. The molecule has 2 aromatic carbocycles. The van der Waals surface area contributed by atoms with Gasteiger partial charge in [-0.2, -0.15) is 5.10 Å². The van der Waals surface area contributed by atoms with Crippen LogP contribution in [0, 0.1) is 13.8 Å². The lowest BCUT2D eigenvalue weighted by molar-refractivity contribution is 0.101. The van der Waals surface area contributed by atoms with Gasteiger partial charge in [-0.3, -0.25) is 9.48 Å². The third-order valence-electron chi connectivity index (χ3n) is 4.88. The van der Waals surface area contributed by atoms with Crippen LogP contribution in [0.3, 0.4) is 0 Å². The van der Waals surface area contributed by atoms with E-state index in [1.165, 1.54) is 6.07 Å². The Morgan fingerprint density at radius 2 is 1.78 bits per heavy atom. The van der Waals surface area contributed by atoms with E-state index in [2.05, 4.69) is 15.6 Å². The molecule has 0 aliphatic rings. The van der Waals surface area contributed by atoms with Gasteiger partial charge in [-0.25, -0.2) is 0 Å². The number of nitrogens with zero attached hydrogens (tertiary/aromatic N) is 3. The summed E-state index contributed by atoms with van der Waals surface area (Å²) < 4.78 is 7.10. The number of halogens is 4. The van der Waals surface area contributed by atoms with Crippen molar-refractivity contribution in [3.8, 4) is 11.3 Å².